The summed E-state index contributed by atoms with van der Waals surface area (Å²) < 4.78 is 18.9. The average molecular weight is 333 g/mol. The molecular weight excluding hydrogens is 313 g/mol. The largest absolute Gasteiger partial charge is 0.445 e. The first-order chi connectivity index (χ1) is 11.5. The average Bonchev–Trinajstić information content (AvgIpc) is 2.60. The highest BCUT2D eigenvalue weighted by Crippen LogP contribution is 2.22. The van der Waals surface area contributed by atoms with Crippen LogP contribution in [0.15, 0.2) is 48.5 Å². The minimum absolute atomic E-state index is 0.0121. The van der Waals surface area contributed by atoms with Gasteiger partial charge in [0.15, 0.2) is 0 Å². The van der Waals surface area contributed by atoms with Crippen LogP contribution in [-0.2, 0) is 11.3 Å². The monoisotopic (exact) mass is 333 g/mol. The van der Waals surface area contributed by atoms with Crippen LogP contribution < -0.4 is 5.32 Å². The molecule has 0 aliphatic carbocycles. The SMILES string of the molecule is Cc1cccc(C(O)C(O)CNC(=O)OCc2ccccc2)c1F. The number of aliphatic hydroxyl groups is 2. The lowest BCUT2D eigenvalue weighted by atomic mass is 10.0. The number of carbonyl (C=O) groups is 1. The van der Waals surface area contributed by atoms with E-state index in [1.54, 1.807) is 19.1 Å². The number of alkyl carbamates (subject to hydrolysis) is 1. The first-order valence-electron chi connectivity index (χ1n) is 7.54. The minimum atomic E-state index is -1.45. The Hall–Kier alpha value is -2.44. The highest BCUT2D eigenvalue weighted by molar-refractivity contribution is 5.67. The Bertz CT molecular complexity index is 678. The molecule has 2 atom stereocenters. The maximum Gasteiger partial charge on any atom is 0.407 e. The molecule has 2 rings (SSSR count). The molecule has 2 unspecified atom stereocenters. The van der Waals surface area contributed by atoms with Crippen molar-refractivity contribution >= 4 is 6.09 Å². The van der Waals surface area contributed by atoms with Gasteiger partial charge >= 0.3 is 6.09 Å². The molecule has 0 saturated heterocycles. The second-order valence-electron chi connectivity index (χ2n) is 5.43. The summed E-state index contributed by atoms with van der Waals surface area (Å²) in [4.78, 5) is 11.6. The summed E-state index contributed by atoms with van der Waals surface area (Å²) in [5.41, 5.74) is 1.19. The van der Waals surface area contributed by atoms with Gasteiger partial charge in [-0.3, -0.25) is 0 Å². The minimum Gasteiger partial charge on any atom is -0.445 e. The maximum absolute atomic E-state index is 13.9. The van der Waals surface area contributed by atoms with Gasteiger partial charge in [0, 0.05) is 12.1 Å². The van der Waals surface area contributed by atoms with E-state index in [9.17, 15) is 19.4 Å². The maximum atomic E-state index is 13.9. The zero-order chi connectivity index (χ0) is 17.5. The van der Waals surface area contributed by atoms with E-state index in [1.807, 2.05) is 30.3 Å². The third-order valence-corrected chi connectivity index (χ3v) is 3.57. The number of carbonyl (C=O) groups excluding carboxylic acids is 1. The second kappa shape index (κ2) is 8.42. The third-order valence-electron chi connectivity index (χ3n) is 3.57. The summed E-state index contributed by atoms with van der Waals surface area (Å²) in [6, 6.07) is 13.7. The Morgan fingerprint density at radius 2 is 1.88 bits per heavy atom. The molecule has 0 radical (unpaired) electrons. The van der Waals surface area contributed by atoms with Gasteiger partial charge in [-0.05, 0) is 18.1 Å². The van der Waals surface area contributed by atoms with Gasteiger partial charge in [0.2, 0.25) is 0 Å². The van der Waals surface area contributed by atoms with Crippen LogP contribution in [0.5, 0.6) is 0 Å². The van der Waals surface area contributed by atoms with Gasteiger partial charge in [0.05, 0.1) is 0 Å². The first kappa shape index (κ1) is 17.9. The Morgan fingerprint density at radius 1 is 1.17 bits per heavy atom. The summed E-state index contributed by atoms with van der Waals surface area (Å²) in [6.07, 6.45) is -3.53. The van der Waals surface area contributed by atoms with Crippen molar-refractivity contribution in [3.63, 3.8) is 0 Å². The molecule has 0 aliphatic rings. The Kier molecular flexibility index (Phi) is 6.28. The standard InChI is InChI=1S/C18H20FNO4/c1-12-6-5-9-14(16(12)19)17(22)15(21)10-20-18(23)24-11-13-7-3-2-4-8-13/h2-9,15,17,21-22H,10-11H2,1H3,(H,20,23). The summed E-state index contributed by atoms with van der Waals surface area (Å²) in [6.45, 7) is 1.40. The topological polar surface area (TPSA) is 78.8 Å². The number of amides is 1. The van der Waals surface area contributed by atoms with Gasteiger partial charge in [0.25, 0.3) is 0 Å². The van der Waals surface area contributed by atoms with Crippen LogP contribution in [0.25, 0.3) is 0 Å². The van der Waals surface area contributed by atoms with E-state index in [0.717, 1.165) is 5.56 Å². The number of halogens is 1. The molecule has 1 amide bonds. The zero-order valence-corrected chi connectivity index (χ0v) is 13.3. The quantitative estimate of drug-likeness (QED) is 0.759. The van der Waals surface area contributed by atoms with Crippen LogP contribution in [0, 0.1) is 12.7 Å². The molecular formula is C18H20FNO4. The van der Waals surface area contributed by atoms with Crippen LogP contribution in [0.3, 0.4) is 0 Å². The molecule has 0 heterocycles. The van der Waals surface area contributed by atoms with Gasteiger partial charge in [-0.25, -0.2) is 9.18 Å². The number of benzene rings is 2. The van der Waals surface area contributed by atoms with Crippen molar-refractivity contribution in [2.24, 2.45) is 0 Å². The fraction of sp³-hybridized carbons (Fsp3) is 0.278. The number of aryl methyl sites for hydroxylation is 1. The lowest BCUT2D eigenvalue weighted by Gasteiger charge is -2.19. The van der Waals surface area contributed by atoms with Crippen LogP contribution >= 0.6 is 0 Å². The number of rotatable bonds is 6. The van der Waals surface area contributed by atoms with Crippen LogP contribution in [0.4, 0.5) is 9.18 Å². The molecule has 0 saturated carbocycles. The smallest absolute Gasteiger partial charge is 0.407 e. The third kappa shape index (κ3) is 4.78. The van der Waals surface area contributed by atoms with Crippen LogP contribution in [0.2, 0.25) is 0 Å². The predicted molar refractivity (Wildman–Crippen MR) is 86.7 cm³/mol. The molecule has 6 heteroatoms. The predicted octanol–water partition coefficient (Wildman–Crippen LogP) is 2.45. The fourth-order valence-electron chi connectivity index (χ4n) is 2.18. The van der Waals surface area contributed by atoms with Crippen molar-refractivity contribution in [1.29, 1.82) is 0 Å². The molecule has 0 aliphatic heterocycles. The molecule has 0 aromatic heterocycles. The number of hydrogen-bond donors (Lipinski definition) is 3. The lowest BCUT2D eigenvalue weighted by molar-refractivity contribution is 0.0163. The molecule has 2 aromatic carbocycles. The zero-order valence-electron chi connectivity index (χ0n) is 13.3. The van der Waals surface area contributed by atoms with Crippen LogP contribution in [-0.4, -0.2) is 29.0 Å². The van der Waals surface area contributed by atoms with Crippen molar-refractivity contribution in [2.45, 2.75) is 25.7 Å². The van der Waals surface area contributed by atoms with Gasteiger partial charge in [-0.2, -0.15) is 0 Å². The number of nitrogens with one attached hydrogen (secondary N) is 1. The van der Waals surface area contributed by atoms with Crippen molar-refractivity contribution in [3.8, 4) is 0 Å². The van der Waals surface area contributed by atoms with Crippen molar-refractivity contribution in [2.75, 3.05) is 6.54 Å². The molecule has 2 aromatic rings. The van der Waals surface area contributed by atoms with Crippen molar-refractivity contribution < 1.29 is 24.1 Å². The van der Waals surface area contributed by atoms with E-state index < -0.39 is 24.1 Å². The van der Waals surface area contributed by atoms with Crippen LogP contribution in [0.1, 0.15) is 22.8 Å². The van der Waals surface area contributed by atoms with Crippen molar-refractivity contribution in [3.05, 3.63) is 71.0 Å². The summed E-state index contributed by atoms with van der Waals surface area (Å²) in [5, 5.41) is 22.3. The van der Waals surface area contributed by atoms with E-state index in [1.165, 1.54) is 6.07 Å². The lowest BCUT2D eigenvalue weighted by Crippen LogP contribution is -2.36. The van der Waals surface area contributed by atoms with E-state index >= 15 is 0 Å². The van der Waals surface area contributed by atoms with Gasteiger partial charge < -0.3 is 20.3 Å². The molecule has 0 bridgehead atoms. The van der Waals surface area contributed by atoms with E-state index in [0.29, 0.717) is 5.56 Å². The normalized spacial score (nSPS) is 13.2. The number of hydrogen-bond acceptors (Lipinski definition) is 4. The summed E-state index contributed by atoms with van der Waals surface area (Å²) in [5.74, 6) is -0.573. The Balaban J connectivity index is 1.82. The first-order valence-corrected chi connectivity index (χ1v) is 7.54. The highest BCUT2D eigenvalue weighted by Gasteiger charge is 2.22. The molecule has 128 valence electrons. The number of ether oxygens (including phenoxy) is 1. The van der Waals surface area contributed by atoms with E-state index in [-0.39, 0.29) is 18.7 Å². The van der Waals surface area contributed by atoms with E-state index in [4.69, 9.17) is 4.74 Å². The molecule has 24 heavy (non-hydrogen) atoms. The molecule has 5 nitrogen and oxygen atoms in total. The van der Waals surface area contributed by atoms with Crippen molar-refractivity contribution in [1.82, 2.24) is 5.32 Å². The summed E-state index contributed by atoms with van der Waals surface area (Å²) in [7, 11) is 0. The Morgan fingerprint density at radius 3 is 2.58 bits per heavy atom. The van der Waals surface area contributed by atoms with E-state index in [2.05, 4.69) is 5.32 Å². The van der Waals surface area contributed by atoms with Gasteiger partial charge in [-0.1, -0.05) is 48.5 Å². The molecule has 0 spiro atoms. The number of aliphatic hydroxyl groups excluding tert-OH is 2. The second-order valence-corrected chi connectivity index (χ2v) is 5.43. The summed E-state index contributed by atoms with van der Waals surface area (Å²) >= 11 is 0. The fourth-order valence-corrected chi connectivity index (χ4v) is 2.18. The van der Waals surface area contributed by atoms with Gasteiger partial charge in [-0.15, -0.1) is 0 Å². The Labute approximate surface area is 139 Å². The molecule has 0 fully saturated rings. The van der Waals surface area contributed by atoms with Gasteiger partial charge in [0.1, 0.15) is 24.6 Å². The highest BCUT2D eigenvalue weighted by atomic mass is 19.1. The molecule has 3 N–H and O–H groups in total.